The first-order chi connectivity index (χ1) is 14.0. The highest BCUT2D eigenvalue weighted by Gasteiger charge is 2.27. The molecule has 0 radical (unpaired) electrons. The predicted octanol–water partition coefficient (Wildman–Crippen LogP) is 2.90. The van der Waals surface area contributed by atoms with E-state index in [0.717, 1.165) is 48.8 Å². The van der Waals surface area contributed by atoms with Crippen LogP contribution < -0.4 is 5.32 Å². The van der Waals surface area contributed by atoms with Crippen molar-refractivity contribution in [3.05, 3.63) is 41.2 Å². The molecule has 29 heavy (non-hydrogen) atoms. The molecule has 2 saturated heterocycles. The van der Waals surface area contributed by atoms with Gasteiger partial charge in [0, 0.05) is 37.3 Å². The lowest BCUT2D eigenvalue weighted by Gasteiger charge is -2.27. The Morgan fingerprint density at radius 3 is 2.66 bits per heavy atom. The Balaban J connectivity index is 1.74. The van der Waals surface area contributed by atoms with Gasteiger partial charge in [-0.3, -0.25) is 14.5 Å². The second-order valence-electron chi connectivity index (χ2n) is 7.67. The minimum atomic E-state index is -0.146. The van der Waals surface area contributed by atoms with Crippen LogP contribution >= 0.6 is 12.2 Å². The van der Waals surface area contributed by atoms with Gasteiger partial charge < -0.3 is 14.8 Å². The average molecular weight is 411 g/mol. The number of carbonyl (C=O) groups is 2. The molecule has 2 fully saturated rings. The normalized spacial score (nSPS) is 18.8. The third kappa shape index (κ3) is 3.67. The fourth-order valence-electron chi connectivity index (χ4n) is 4.16. The van der Waals surface area contributed by atoms with E-state index in [1.54, 1.807) is 7.05 Å². The summed E-state index contributed by atoms with van der Waals surface area (Å²) in [5, 5.41) is 4.42. The molecule has 7 heteroatoms. The Labute approximate surface area is 176 Å². The molecule has 4 rings (SSSR count). The summed E-state index contributed by atoms with van der Waals surface area (Å²) in [6.07, 6.45) is 8.05. The number of benzene rings is 1. The molecular weight excluding hydrogens is 384 g/mol. The Kier molecular flexibility index (Phi) is 5.41. The van der Waals surface area contributed by atoms with Crippen LogP contribution in [0.4, 0.5) is 0 Å². The lowest BCUT2D eigenvalue weighted by molar-refractivity contribution is -0.132. The fourth-order valence-corrected chi connectivity index (χ4v) is 4.35. The second-order valence-corrected chi connectivity index (χ2v) is 8.06. The number of aryl methyl sites for hydroxylation is 1. The van der Waals surface area contributed by atoms with Gasteiger partial charge in [0.15, 0.2) is 5.11 Å². The van der Waals surface area contributed by atoms with Crippen LogP contribution in [0, 0.1) is 0 Å². The molecule has 2 amide bonds. The lowest BCUT2D eigenvalue weighted by atomic mass is 10.1. The highest BCUT2D eigenvalue weighted by atomic mass is 32.1. The quantitative estimate of drug-likeness (QED) is 0.622. The summed E-state index contributed by atoms with van der Waals surface area (Å²) in [4.78, 5) is 28.7. The third-order valence-electron chi connectivity index (χ3n) is 5.79. The molecule has 1 N–H and O–H groups in total. The van der Waals surface area contributed by atoms with Crippen molar-refractivity contribution >= 4 is 46.1 Å². The predicted molar refractivity (Wildman–Crippen MR) is 118 cm³/mol. The van der Waals surface area contributed by atoms with E-state index < -0.39 is 0 Å². The fraction of sp³-hybridized carbons (Fsp3) is 0.409. The van der Waals surface area contributed by atoms with Gasteiger partial charge in [-0.2, -0.15) is 0 Å². The first-order valence-electron chi connectivity index (χ1n) is 10.2. The molecule has 6 nitrogen and oxygen atoms in total. The number of nitrogens with zero attached hydrogens (tertiary/aromatic N) is 3. The summed E-state index contributed by atoms with van der Waals surface area (Å²) < 4.78 is 2.04. The van der Waals surface area contributed by atoms with Gasteiger partial charge in [0.25, 0.3) is 5.91 Å². The topological polar surface area (TPSA) is 57.6 Å². The number of carbonyl (C=O) groups excluding carboxylic acids is 2. The first-order valence-corrected chi connectivity index (χ1v) is 10.6. The van der Waals surface area contributed by atoms with Crippen LogP contribution in [0.15, 0.2) is 30.1 Å². The van der Waals surface area contributed by atoms with Crippen LogP contribution in [-0.2, 0) is 22.6 Å². The summed E-state index contributed by atoms with van der Waals surface area (Å²) in [5.41, 5.74) is 3.63. The number of amides is 2. The third-order valence-corrected chi connectivity index (χ3v) is 6.17. The zero-order chi connectivity index (χ0) is 20.5. The smallest absolute Gasteiger partial charge is 0.276 e. The van der Waals surface area contributed by atoms with Crippen molar-refractivity contribution in [1.82, 2.24) is 19.7 Å². The van der Waals surface area contributed by atoms with Crippen LogP contribution in [-0.4, -0.2) is 51.4 Å². The van der Waals surface area contributed by atoms with E-state index >= 15 is 0 Å². The number of para-hydroxylation sites is 1. The molecule has 0 bridgehead atoms. The largest absolute Gasteiger partial charge is 0.341 e. The number of thiocarbonyl (C=S) groups is 1. The maximum absolute atomic E-state index is 12.9. The van der Waals surface area contributed by atoms with Gasteiger partial charge in [-0.05, 0) is 49.5 Å². The van der Waals surface area contributed by atoms with Crippen LogP contribution in [0.25, 0.3) is 17.0 Å². The Bertz CT molecular complexity index is 1020. The molecule has 0 atom stereocenters. The number of rotatable bonds is 4. The minimum absolute atomic E-state index is 0.146. The molecule has 2 aliphatic heterocycles. The SMILES string of the molecule is CCc1cccc2c(/C=C3\NC(=S)N(C)C3=O)cn(CC(=O)N3CCCCC3)c12. The number of fused-ring (bicyclic) bond motifs is 1. The van der Waals surface area contributed by atoms with E-state index in [0.29, 0.717) is 17.4 Å². The molecule has 2 aromatic rings. The van der Waals surface area contributed by atoms with Crippen molar-refractivity contribution in [1.29, 1.82) is 0 Å². The van der Waals surface area contributed by atoms with Crippen LogP contribution in [0.5, 0.6) is 0 Å². The number of hydrogen-bond donors (Lipinski definition) is 1. The molecule has 2 aliphatic rings. The molecule has 0 aliphatic carbocycles. The van der Waals surface area contributed by atoms with E-state index in [1.165, 1.54) is 16.9 Å². The van der Waals surface area contributed by atoms with Crippen molar-refractivity contribution in [2.75, 3.05) is 20.1 Å². The number of hydrogen-bond acceptors (Lipinski definition) is 3. The summed E-state index contributed by atoms with van der Waals surface area (Å²) in [6, 6.07) is 6.17. The van der Waals surface area contributed by atoms with Crippen molar-refractivity contribution in [3.63, 3.8) is 0 Å². The van der Waals surface area contributed by atoms with E-state index in [1.807, 2.05) is 33.9 Å². The number of likely N-dealkylation sites (tertiary alicyclic amines) is 1. The van der Waals surface area contributed by atoms with Gasteiger partial charge in [0.2, 0.25) is 5.91 Å². The van der Waals surface area contributed by atoms with E-state index in [9.17, 15) is 9.59 Å². The zero-order valence-corrected chi connectivity index (χ0v) is 17.7. The molecule has 1 aromatic carbocycles. The zero-order valence-electron chi connectivity index (χ0n) is 16.9. The number of nitrogens with one attached hydrogen (secondary N) is 1. The molecular formula is C22H26N4O2S. The second kappa shape index (κ2) is 7.99. The molecule has 3 heterocycles. The van der Waals surface area contributed by atoms with Crippen LogP contribution in [0.2, 0.25) is 0 Å². The van der Waals surface area contributed by atoms with Gasteiger partial charge in [0.05, 0.1) is 5.52 Å². The molecule has 0 unspecified atom stereocenters. The summed E-state index contributed by atoms with van der Waals surface area (Å²) in [7, 11) is 1.66. The maximum atomic E-state index is 12.9. The van der Waals surface area contributed by atoms with Gasteiger partial charge >= 0.3 is 0 Å². The van der Waals surface area contributed by atoms with Crippen molar-refractivity contribution < 1.29 is 9.59 Å². The summed E-state index contributed by atoms with van der Waals surface area (Å²) in [5.74, 6) is 0.00891. The summed E-state index contributed by atoms with van der Waals surface area (Å²) >= 11 is 5.18. The Morgan fingerprint density at radius 2 is 2.00 bits per heavy atom. The molecule has 0 spiro atoms. The molecule has 0 saturated carbocycles. The number of likely N-dealkylation sites (N-methyl/N-ethyl adjacent to an activating group) is 1. The highest BCUT2D eigenvalue weighted by Crippen LogP contribution is 2.28. The van der Waals surface area contributed by atoms with Gasteiger partial charge in [-0.25, -0.2) is 0 Å². The van der Waals surface area contributed by atoms with Crippen LogP contribution in [0.1, 0.15) is 37.3 Å². The first kappa shape index (κ1) is 19.6. The van der Waals surface area contributed by atoms with Crippen molar-refractivity contribution in [2.24, 2.45) is 0 Å². The van der Waals surface area contributed by atoms with Gasteiger partial charge in [-0.1, -0.05) is 25.1 Å². The van der Waals surface area contributed by atoms with E-state index in [-0.39, 0.29) is 11.8 Å². The maximum Gasteiger partial charge on any atom is 0.276 e. The average Bonchev–Trinajstić information content (AvgIpc) is 3.21. The van der Waals surface area contributed by atoms with Gasteiger partial charge in [-0.15, -0.1) is 0 Å². The van der Waals surface area contributed by atoms with Gasteiger partial charge in [0.1, 0.15) is 12.2 Å². The van der Waals surface area contributed by atoms with Crippen molar-refractivity contribution in [3.8, 4) is 0 Å². The Morgan fingerprint density at radius 1 is 1.24 bits per heavy atom. The Hall–Kier alpha value is -2.67. The van der Waals surface area contributed by atoms with E-state index in [2.05, 4.69) is 18.3 Å². The highest BCUT2D eigenvalue weighted by molar-refractivity contribution is 7.80. The van der Waals surface area contributed by atoms with E-state index in [4.69, 9.17) is 12.2 Å². The lowest BCUT2D eigenvalue weighted by Crippen LogP contribution is -2.37. The minimum Gasteiger partial charge on any atom is -0.341 e. The van der Waals surface area contributed by atoms with Crippen LogP contribution in [0.3, 0.4) is 0 Å². The van der Waals surface area contributed by atoms with Crippen molar-refractivity contribution in [2.45, 2.75) is 39.2 Å². The number of aromatic nitrogens is 1. The standard InChI is InChI=1S/C22H26N4O2S/c1-3-15-8-7-9-17-16(12-18-21(28)24(2)22(29)23-18)13-26(20(15)17)14-19(27)25-10-5-4-6-11-25/h7-9,12-13H,3-6,10-11,14H2,1-2H3,(H,23,29)/b18-12-. The molecule has 1 aromatic heterocycles. The number of piperidine rings is 1. The monoisotopic (exact) mass is 410 g/mol. The summed E-state index contributed by atoms with van der Waals surface area (Å²) in [6.45, 7) is 4.12. The molecule has 152 valence electrons.